The van der Waals surface area contributed by atoms with E-state index in [0.717, 1.165) is 5.56 Å². The molecule has 1 fully saturated rings. The Balaban J connectivity index is 1.45. The number of benzene rings is 2. The summed E-state index contributed by atoms with van der Waals surface area (Å²) in [6, 6.07) is 6.61. The second kappa shape index (κ2) is 8.97. The van der Waals surface area contributed by atoms with Crippen LogP contribution >= 0.6 is 11.6 Å². The first-order valence-electron chi connectivity index (χ1n) is 11.8. The Bertz CT molecular complexity index is 1310. The molecule has 0 aliphatic carbocycles. The van der Waals surface area contributed by atoms with E-state index in [2.05, 4.69) is 5.32 Å². The van der Waals surface area contributed by atoms with Gasteiger partial charge in [-0.05, 0) is 62.8 Å². The maximum atomic E-state index is 14.8. The molecule has 0 saturated carbocycles. The molecule has 3 atom stereocenters. The molecular formula is C26H26ClFN4O4. The number of halogens is 2. The normalized spacial score (nSPS) is 23.3. The van der Waals surface area contributed by atoms with Gasteiger partial charge in [0.1, 0.15) is 11.9 Å². The Morgan fingerprint density at radius 3 is 2.61 bits per heavy atom. The third kappa shape index (κ3) is 3.87. The van der Waals surface area contributed by atoms with E-state index in [1.807, 2.05) is 19.0 Å². The van der Waals surface area contributed by atoms with Gasteiger partial charge in [0.2, 0.25) is 11.8 Å². The van der Waals surface area contributed by atoms with Crippen LogP contribution in [0.4, 0.5) is 4.39 Å². The molecule has 0 aromatic heterocycles. The van der Waals surface area contributed by atoms with Crippen molar-refractivity contribution >= 4 is 35.2 Å². The van der Waals surface area contributed by atoms with Gasteiger partial charge in [0, 0.05) is 36.2 Å². The monoisotopic (exact) mass is 512 g/mol. The predicted molar refractivity (Wildman–Crippen MR) is 130 cm³/mol. The van der Waals surface area contributed by atoms with Gasteiger partial charge < -0.3 is 14.7 Å². The molecule has 10 heteroatoms. The number of piperidine rings is 1. The van der Waals surface area contributed by atoms with E-state index in [4.69, 9.17) is 11.6 Å². The third-order valence-electron chi connectivity index (χ3n) is 7.27. The molecule has 0 radical (unpaired) electrons. The molecule has 1 saturated heterocycles. The van der Waals surface area contributed by atoms with Crippen molar-refractivity contribution in [1.29, 1.82) is 0 Å². The minimum absolute atomic E-state index is 0.0186. The minimum Gasteiger partial charge on any atom is -0.326 e. The Morgan fingerprint density at radius 2 is 1.92 bits per heavy atom. The fourth-order valence-electron chi connectivity index (χ4n) is 5.51. The number of likely N-dealkylation sites (N-methyl/N-ethyl adjacent to an activating group) is 1. The highest BCUT2D eigenvalue weighted by Crippen LogP contribution is 2.40. The highest BCUT2D eigenvalue weighted by atomic mass is 35.5. The third-order valence-corrected chi connectivity index (χ3v) is 7.56. The maximum Gasteiger partial charge on any atom is 0.255 e. The molecule has 3 aliphatic rings. The van der Waals surface area contributed by atoms with Crippen molar-refractivity contribution in [2.45, 2.75) is 44.4 Å². The summed E-state index contributed by atoms with van der Waals surface area (Å²) >= 11 is 6.01. The van der Waals surface area contributed by atoms with E-state index in [0.29, 0.717) is 28.8 Å². The first-order chi connectivity index (χ1) is 17.1. The van der Waals surface area contributed by atoms with Crippen LogP contribution in [-0.2, 0) is 16.1 Å². The molecular weight excluding hydrogens is 487 g/mol. The lowest BCUT2D eigenvalue weighted by molar-refractivity contribution is -0.137. The summed E-state index contributed by atoms with van der Waals surface area (Å²) in [5.74, 6) is -1.94. The Hall–Kier alpha value is -3.30. The first-order valence-corrected chi connectivity index (χ1v) is 12.2. The number of nitrogens with zero attached hydrogens (tertiary/aromatic N) is 3. The van der Waals surface area contributed by atoms with Gasteiger partial charge in [-0.15, -0.1) is 0 Å². The molecule has 4 amide bonds. The molecule has 1 N–H and O–H groups in total. The highest BCUT2D eigenvalue weighted by Gasteiger charge is 2.44. The number of amides is 4. The number of carbonyl (C=O) groups is 4. The van der Waals surface area contributed by atoms with Gasteiger partial charge in [-0.3, -0.25) is 24.5 Å². The Kier molecular flexibility index (Phi) is 6.08. The number of rotatable bonds is 4. The average Bonchev–Trinajstić information content (AvgIpc) is 3.31. The number of hydrogen-bond acceptors (Lipinski definition) is 5. The van der Waals surface area contributed by atoms with Crippen molar-refractivity contribution in [3.05, 3.63) is 69.0 Å². The predicted octanol–water partition coefficient (Wildman–Crippen LogP) is 3.06. The fraction of sp³-hybridized carbons (Fsp3) is 0.385. The summed E-state index contributed by atoms with van der Waals surface area (Å²) in [6.45, 7) is 2.40. The second-order valence-electron chi connectivity index (χ2n) is 9.80. The first kappa shape index (κ1) is 24.4. The lowest BCUT2D eigenvalue weighted by Gasteiger charge is -2.33. The summed E-state index contributed by atoms with van der Waals surface area (Å²) in [5, 5.41) is 2.32. The molecule has 2 aromatic carbocycles. The zero-order valence-electron chi connectivity index (χ0n) is 20.2. The van der Waals surface area contributed by atoms with Crippen LogP contribution in [0.2, 0.25) is 5.02 Å². The summed E-state index contributed by atoms with van der Waals surface area (Å²) in [4.78, 5) is 55.9. The van der Waals surface area contributed by atoms with Crippen LogP contribution in [0.1, 0.15) is 69.3 Å². The highest BCUT2D eigenvalue weighted by molar-refractivity contribution is 6.30. The summed E-state index contributed by atoms with van der Waals surface area (Å²) < 4.78 is 14.8. The van der Waals surface area contributed by atoms with Crippen LogP contribution in [0.15, 0.2) is 30.3 Å². The number of hydrogen-bond donors (Lipinski definition) is 1. The summed E-state index contributed by atoms with van der Waals surface area (Å²) in [5.41, 5.74) is 2.59. The van der Waals surface area contributed by atoms with Gasteiger partial charge in [-0.2, -0.15) is 0 Å². The summed E-state index contributed by atoms with van der Waals surface area (Å²) in [6.07, 6.45) is 0.420. The van der Waals surface area contributed by atoms with Crippen LogP contribution in [0.5, 0.6) is 0 Å². The van der Waals surface area contributed by atoms with Gasteiger partial charge >= 0.3 is 0 Å². The van der Waals surface area contributed by atoms with E-state index in [-0.39, 0.29) is 48.2 Å². The van der Waals surface area contributed by atoms with Gasteiger partial charge in [-0.1, -0.05) is 17.7 Å². The van der Waals surface area contributed by atoms with E-state index >= 15 is 0 Å². The van der Waals surface area contributed by atoms with Crippen LogP contribution in [0, 0.1) is 5.82 Å². The van der Waals surface area contributed by atoms with Crippen LogP contribution in [0.25, 0.3) is 0 Å². The maximum absolute atomic E-state index is 14.8. The average molecular weight is 513 g/mol. The summed E-state index contributed by atoms with van der Waals surface area (Å²) in [7, 11) is 3.78. The topological polar surface area (TPSA) is 90.0 Å². The molecule has 5 rings (SSSR count). The molecule has 8 nitrogen and oxygen atoms in total. The van der Waals surface area contributed by atoms with Crippen molar-refractivity contribution in [2.24, 2.45) is 0 Å². The van der Waals surface area contributed by atoms with E-state index in [1.54, 1.807) is 36.1 Å². The zero-order valence-corrected chi connectivity index (χ0v) is 20.9. The number of fused-ring (bicyclic) bond motifs is 2. The van der Waals surface area contributed by atoms with Crippen molar-refractivity contribution in [3.63, 3.8) is 0 Å². The van der Waals surface area contributed by atoms with E-state index in [9.17, 15) is 23.6 Å². The molecule has 3 aliphatic heterocycles. The van der Waals surface area contributed by atoms with Crippen molar-refractivity contribution in [3.8, 4) is 0 Å². The quantitative estimate of drug-likeness (QED) is 0.636. The zero-order chi connectivity index (χ0) is 25.9. The van der Waals surface area contributed by atoms with Crippen molar-refractivity contribution < 1.29 is 23.6 Å². The van der Waals surface area contributed by atoms with Gasteiger partial charge in [0.15, 0.2) is 0 Å². The van der Waals surface area contributed by atoms with Crippen LogP contribution < -0.4 is 5.32 Å². The van der Waals surface area contributed by atoms with E-state index < -0.39 is 23.8 Å². The van der Waals surface area contributed by atoms with Crippen molar-refractivity contribution in [2.75, 3.05) is 20.6 Å². The lowest BCUT2D eigenvalue weighted by atomic mass is 10.00. The van der Waals surface area contributed by atoms with Crippen LogP contribution in [0.3, 0.4) is 0 Å². The molecule has 0 unspecified atom stereocenters. The minimum atomic E-state index is -0.748. The number of carbonyl (C=O) groups excluding carboxylic acids is 4. The lowest BCUT2D eigenvalue weighted by Crippen LogP contribution is -2.53. The van der Waals surface area contributed by atoms with Gasteiger partial charge in [0.25, 0.3) is 11.8 Å². The van der Waals surface area contributed by atoms with Crippen molar-refractivity contribution in [1.82, 2.24) is 20.0 Å². The molecule has 0 bridgehead atoms. The SMILES string of the molecule is C[C@@H]1c2cc(C(=O)N3Cc4c(ccc(Cl)c4F)[C@@H]3CN(C)C)ccc2C(=O)N1[C@H]1CCC(=O)NC1=O. The van der Waals surface area contributed by atoms with Gasteiger partial charge in [-0.25, -0.2) is 4.39 Å². The Morgan fingerprint density at radius 1 is 1.17 bits per heavy atom. The standard InChI is InChI=1S/C26H26ClFN4O4/c1-13-17-10-14(4-5-16(17)26(36)32(13)20-8-9-22(33)29-24(20)34)25(35)31-11-18-15(21(31)12-30(2)3)6-7-19(27)23(18)28/h4-7,10,13,20-21H,8-9,11-12H2,1-3H3,(H,29,33,34)/t13-,20+,21+/m1/s1. The number of imide groups is 1. The molecule has 188 valence electrons. The Labute approximate surface area is 213 Å². The molecule has 3 heterocycles. The fourth-order valence-corrected chi connectivity index (χ4v) is 5.69. The van der Waals surface area contributed by atoms with Crippen LogP contribution in [-0.4, -0.2) is 65.0 Å². The largest absolute Gasteiger partial charge is 0.326 e. The van der Waals surface area contributed by atoms with Gasteiger partial charge in [0.05, 0.1) is 17.1 Å². The smallest absolute Gasteiger partial charge is 0.255 e. The molecule has 0 spiro atoms. The molecule has 2 aromatic rings. The second-order valence-corrected chi connectivity index (χ2v) is 10.2. The van der Waals surface area contributed by atoms with E-state index in [1.165, 1.54) is 11.0 Å². The molecule has 36 heavy (non-hydrogen) atoms. The number of nitrogens with one attached hydrogen (secondary N) is 1.